The fourth-order valence-electron chi connectivity index (χ4n) is 4.18. The molecule has 4 nitrogen and oxygen atoms in total. The molecule has 1 amide bonds. The number of carbonyl (C=O) groups is 1. The van der Waals surface area contributed by atoms with Crippen LogP contribution in [0.4, 0.5) is 0 Å². The van der Waals surface area contributed by atoms with Crippen LogP contribution in [0.3, 0.4) is 0 Å². The van der Waals surface area contributed by atoms with Crippen molar-refractivity contribution in [2.45, 2.75) is 26.9 Å². The highest BCUT2D eigenvalue weighted by Gasteiger charge is 2.62. The second-order valence-corrected chi connectivity index (χ2v) is 7.34. The molecular weight excluding hydrogens is 250 g/mol. The Morgan fingerprint density at radius 2 is 1.90 bits per heavy atom. The molecule has 4 heteroatoms. The zero-order valence-corrected chi connectivity index (χ0v) is 12.6. The molecule has 108 valence electrons. The van der Waals surface area contributed by atoms with Crippen LogP contribution in [0.5, 0.6) is 0 Å². The lowest BCUT2D eigenvalue weighted by molar-refractivity contribution is 0.0744. The minimum atomic E-state index is 0.240. The standard InChI is InChI=1S/C16H23N3O/c1-16(2)12-9-18(10-13(12)16)15(20)14-5-4-11-8-17(3)6-7-19(11)14/h4-5,12-13H,6-10H2,1-3H3. The Hall–Kier alpha value is -1.29. The lowest BCUT2D eigenvalue weighted by atomic mass is 10.1. The van der Waals surface area contributed by atoms with Crippen LogP contribution < -0.4 is 0 Å². The maximum Gasteiger partial charge on any atom is 0.270 e. The lowest BCUT2D eigenvalue weighted by Crippen LogP contribution is -2.36. The maximum absolute atomic E-state index is 12.7. The quantitative estimate of drug-likeness (QED) is 0.778. The predicted molar refractivity (Wildman–Crippen MR) is 77.4 cm³/mol. The number of likely N-dealkylation sites (tertiary alicyclic amines) is 1. The highest BCUT2D eigenvalue weighted by atomic mass is 16.2. The monoisotopic (exact) mass is 273 g/mol. The molecule has 1 aromatic rings. The Balaban J connectivity index is 1.53. The fourth-order valence-corrected chi connectivity index (χ4v) is 4.18. The summed E-state index contributed by atoms with van der Waals surface area (Å²) in [7, 11) is 2.13. The fraction of sp³-hybridized carbons (Fsp3) is 0.688. The third-order valence-electron chi connectivity index (χ3n) is 5.84. The van der Waals surface area contributed by atoms with Crippen LogP contribution in [-0.4, -0.2) is 47.0 Å². The summed E-state index contributed by atoms with van der Waals surface area (Å²) in [5.41, 5.74) is 2.64. The third kappa shape index (κ3) is 1.60. The van der Waals surface area contributed by atoms with Crippen molar-refractivity contribution in [1.82, 2.24) is 14.4 Å². The van der Waals surface area contributed by atoms with E-state index < -0.39 is 0 Å². The molecule has 0 aromatic carbocycles. The van der Waals surface area contributed by atoms with Crippen LogP contribution in [0, 0.1) is 17.3 Å². The van der Waals surface area contributed by atoms with Crippen molar-refractivity contribution in [1.29, 1.82) is 0 Å². The normalized spacial score (nSPS) is 31.1. The van der Waals surface area contributed by atoms with Crippen molar-refractivity contribution < 1.29 is 4.79 Å². The molecule has 1 aromatic heterocycles. The predicted octanol–water partition coefficient (Wildman–Crippen LogP) is 1.66. The highest BCUT2D eigenvalue weighted by Crippen LogP contribution is 2.62. The summed E-state index contributed by atoms with van der Waals surface area (Å²) in [5.74, 6) is 1.70. The molecule has 0 bridgehead atoms. The van der Waals surface area contributed by atoms with E-state index in [1.54, 1.807) is 0 Å². The number of nitrogens with zero attached hydrogens (tertiary/aromatic N) is 3. The van der Waals surface area contributed by atoms with E-state index in [1.165, 1.54) is 5.69 Å². The summed E-state index contributed by atoms with van der Waals surface area (Å²) in [6.07, 6.45) is 0. The third-order valence-corrected chi connectivity index (χ3v) is 5.84. The number of aromatic nitrogens is 1. The molecule has 2 fully saturated rings. The number of carbonyl (C=O) groups excluding carboxylic acids is 1. The number of fused-ring (bicyclic) bond motifs is 2. The van der Waals surface area contributed by atoms with Gasteiger partial charge in [0.15, 0.2) is 0 Å². The van der Waals surface area contributed by atoms with Gasteiger partial charge in [-0.2, -0.15) is 0 Å². The van der Waals surface area contributed by atoms with Crippen LogP contribution >= 0.6 is 0 Å². The van der Waals surface area contributed by atoms with Crippen LogP contribution in [0.25, 0.3) is 0 Å². The average molecular weight is 273 g/mol. The first kappa shape index (κ1) is 12.5. The second kappa shape index (κ2) is 3.88. The number of hydrogen-bond donors (Lipinski definition) is 0. The average Bonchev–Trinajstić information content (AvgIpc) is 2.86. The molecule has 4 rings (SSSR count). The van der Waals surface area contributed by atoms with Gasteiger partial charge in [-0.15, -0.1) is 0 Å². The van der Waals surface area contributed by atoms with Crippen molar-refractivity contribution in [2.75, 3.05) is 26.7 Å². The van der Waals surface area contributed by atoms with Gasteiger partial charge in [0.1, 0.15) is 5.69 Å². The van der Waals surface area contributed by atoms with Gasteiger partial charge in [0.25, 0.3) is 5.91 Å². The van der Waals surface area contributed by atoms with Gasteiger partial charge >= 0.3 is 0 Å². The molecular formula is C16H23N3O. The first-order chi connectivity index (χ1) is 9.48. The van der Waals surface area contributed by atoms with Crippen molar-refractivity contribution in [3.8, 4) is 0 Å². The molecule has 3 aliphatic rings. The minimum Gasteiger partial charge on any atom is -0.338 e. The molecule has 1 saturated carbocycles. The molecule has 20 heavy (non-hydrogen) atoms. The summed E-state index contributed by atoms with van der Waals surface area (Å²) >= 11 is 0. The zero-order chi connectivity index (χ0) is 14.1. The molecule has 3 heterocycles. The van der Waals surface area contributed by atoms with E-state index in [1.807, 2.05) is 6.07 Å². The van der Waals surface area contributed by atoms with Crippen molar-refractivity contribution in [3.63, 3.8) is 0 Å². The SMILES string of the molecule is CN1CCn2c(ccc2C(=O)N2CC3C(C2)C3(C)C)C1. The first-order valence-electron chi connectivity index (χ1n) is 7.64. The second-order valence-electron chi connectivity index (χ2n) is 7.34. The van der Waals surface area contributed by atoms with Gasteiger partial charge in [0.2, 0.25) is 0 Å². The van der Waals surface area contributed by atoms with Crippen LogP contribution in [-0.2, 0) is 13.1 Å². The van der Waals surface area contributed by atoms with Crippen molar-refractivity contribution in [3.05, 3.63) is 23.5 Å². The molecule has 2 aliphatic heterocycles. The van der Waals surface area contributed by atoms with Gasteiger partial charge in [0, 0.05) is 38.4 Å². The summed E-state index contributed by atoms with van der Waals surface area (Å²) in [6.45, 7) is 9.49. The van der Waals surface area contributed by atoms with Gasteiger partial charge in [0.05, 0.1) is 0 Å². The Labute approximate surface area is 120 Å². The lowest BCUT2D eigenvalue weighted by Gasteiger charge is -2.27. The largest absolute Gasteiger partial charge is 0.338 e. The summed E-state index contributed by atoms with van der Waals surface area (Å²) in [4.78, 5) is 17.1. The summed E-state index contributed by atoms with van der Waals surface area (Å²) in [6, 6.07) is 4.13. The van der Waals surface area contributed by atoms with E-state index in [0.29, 0.717) is 5.41 Å². The zero-order valence-electron chi connectivity index (χ0n) is 12.6. The smallest absolute Gasteiger partial charge is 0.270 e. The van der Waals surface area contributed by atoms with Gasteiger partial charge < -0.3 is 9.47 Å². The van der Waals surface area contributed by atoms with E-state index in [4.69, 9.17) is 0 Å². The Bertz CT molecular complexity index is 560. The van der Waals surface area contributed by atoms with E-state index in [2.05, 4.69) is 41.3 Å². The molecule has 2 unspecified atom stereocenters. The number of rotatable bonds is 1. The number of piperidine rings is 1. The van der Waals surface area contributed by atoms with Crippen LogP contribution in [0.1, 0.15) is 30.0 Å². The van der Waals surface area contributed by atoms with Gasteiger partial charge in [-0.05, 0) is 36.4 Å². The van der Waals surface area contributed by atoms with Crippen molar-refractivity contribution in [2.24, 2.45) is 17.3 Å². The Kier molecular flexibility index (Phi) is 2.41. The van der Waals surface area contributed by atoms with E-state index in [0.717, 1.165) is 50.3 Å². The topological polar surface area (TPSA) is 28.5 Å². The van der Waals surface area contributed by atoms with Gasteiger partial charge in [-0.1, -0.05) is 13.8 Å². The Morgan fingerprint density at radius 1 is 1.20 bits per heavy atom. The minimum absolute atomic E-state index is 0.240. The first-order valence-corrected chi connectivity index (χ1v) is 7.64. The molecule has 0 spiro atoms. The van der Waals surface area contributed by atoms with E-state index in [-0.39, 0.29) is 5.91 Å². The number of hydrogen-bond acceptors (Lipinski definition) is 2. The van der Waals surface area contributed by atoms with Gasteiger partial charge in [-0.25, -0.2) is 0 Å². The van der Waals surface area contributed by atoms with E-state index in [9.17, 15) is 4.79 Å². The summed E-state index contributed by atoms with van der Waals surface area (Å²) in [5, 5.41) is 0. The maximum atomic E-state index is 12.7. The van der Waals surface area contributed by atoms with E-state index >= 15 is 0 Å². The van der Waals surface area contributed by atoms with Crippen LogP contribution in [0.15, 0.2) is 12.1 Å². The highest BCUT2D eigenvalue weighted by molar-refractivity contribution is 5.93. The summed E-state index contributed by atoms with van der Waals surface area (Å²) < 4.78 is 2.22. The van der Waals surface area contributed by atoms with Crippen molar-refractivity contribution >= 4 is 5.91 Å². The number of amides is 1. The molecule has 0 radical (unpaired) electrons. The number of likely N-dealkylation sites (N-methyl/N-ethyl adjacent to an activating group) is 1. The Morgan fingerprint density at radius 3 is 2.60 bits per heavy atom. The molecule has 1 saturated heterocycles. The molecule has 0 N–H and O–H groups in total. The molecule has 2 atom stereocenters. The van der Waals surface area contributed by atoms with Crippen LogP contribution in [0.2, 0.25) is 0 Å². The molecule has 1 aliphatic carbocycles. The van der Waals surface area contributed by atoms with Gasteiger partial charge in [-0.3, -0.25) is 9.69 Å².